The molecule has 27 heavy (non-hydrogen) atoms. The molecule has 2 fully saturated rings. The van der Waals surface area contributed by atoms with Gasteiger partial charge in [-0.3, -0.25) is 10.1 Å². The molecule has 2 aliphatic rings. The predicted octanol–water partition coefficient (Wildman–Crippen LogP) is 2.71. The largest absolute Gasteiger partial charge is 0.370 e. The first-order chi connectivity index (χ1) is 13.3. The van der Waals surface area contributed by atoms with Crippen LogP contribution in [0.3, 0.4) is 0 Å². The number of carbonyl (C=O) groups excluding carboxylic acids is 1. The van der Waals surface area contributed by atoms with Gasteiger partial charge in [-0.05, 0) is 24.3 Å². The highest BCUT2D eigenvalue weighted by Gasteiger charge is 2.19. The van der Waals surface area contributed by atoms with Crippen molar-refractivity contribution in [2.75, 3.05) is 38.2 Å². The lowest BCUT2D eigenvalue weighted by Crippen LogP contribution is -3.15. The molecule has 2 N–H and O–H groups in total. The SMILES string of the molecule is O=C(C[NH+]1CCOCC1)Nc1nc(-c2ccc(C3CCCCC3)cc2)cs1. The van der Waals surface area contributed by atoms with Crippen molar-refractivity contribution in [3.63, 3.8) is 0 Å². The van der Waals surface area contributed by atoms with Crippen LogP contribution in [0.15, 0.2) is 29.6 Å². The van der Waals surface area contributed by atoms with Crippen LogP contribution >= 0.6 is 11.3 Å². The lowest BCUT2D eigenvalue weighted by Gasteiger charge is -2.22. The molecule has 1 aliphatic heterocycles. The Hall–Kier alpha value is -1.76. The number of anilines is 1. The van der Waals surface area contributed by atoms with E-state index in [1.807, 2.05) is 5.38 Å². The van der Waals surface area contributed by atoms with E-state index in [9.17, 15) is 4.79 Å². The summed E-state index contributed by atoms with van der Waals surface area (Å²) in [6.45, 7) is 3.74. The molecule has 0 spiro atoms. The van der Waals surface area contributed by atoms with Crippen molar-refractivity contribution < 1.29 is 14.4 Å². The molecule has 0 atom stereocenters. The molecule has 0 bridgehead atoms. The maximum Gasteiger partial charge on any atom is 0.281 e. The number of nitrogens with one attached hydrogen (secondary N) is 2. The van der Waals surface area contributed by atoms with Gasteiger partial charge in [0.1, 0.15) is 13.1 Å². The smallest absolute Gasteiger partial charge is 0.281 e. The van der Waals surface area contributed by atoms with Gasteiger partial charge in [-0.2, -0.15) is 0 Å². The third kappa shape index (κ3) is 4.94. The molecular formula is C21H28N3O2S+. The second-order valence-corrected chi connectivity index (χ2v) is 8.44. The minimum atomic E-state index is 0.0282. The van der Waals surface area contributed by atoms with Gasteiger partial charge >= 0.3 is 0 Å². The van der Waals surface area contributed by atoms with E-state index in [1.54, 1.807) is 0 Å². The molecular weight excluding hydrogens is 358 g/mol. The number of hydrogen-bond acceptors (Lipinski definition) is 4. The maximum absolute atomic E-state index is 12.2. The van der Waals surface area contributed by atoms with Crippen LogP contribution in [0.1, 0.15) is 43.6 Å². The first-order valence-corrected chi connectivity index (χ1v) is 10.9. The van der Waals surface area contributed by atoms with Crippen LogP contribution in [0.2, 0.25) is 0 Å². The minimum Gasteiger partial charge on any atom is -0.370 e. The van der Waals surface area contributed by atoms with E-state index in [-0.39, 0.29) is 5.91 Å². The van der Waals surface area contributed by atoms with Gasteiger partial charge < -0.3 is 9.64 Å². The van der Waals surface area contributed by atoms with Crippen LogP contribution in [0, 0.1) is 0 Å². The van der Waals surface area contributed by atoms with E-state index in [1.165, 1.54) is 53.9 Å². The summed E-state index contributed by atoms with van der Waals surface area (Å²) in [6.07, 6.45) is 6.73. The van der Waals surface area contributed by atoms with Crippen LogP contribution < -0.4 is 10.2 Å². The number of benzene rings is 1. The van der Waals surface area contributed by atoms with Crippen LogP contribution in [-0.4, -0.2) is 43.7 Å². The van der Waals surface area contributed by atoms with Gasteiger partial charge in [-0.1, -0.05) is 43.5 Å². The molecule has 1 aromatic heterocycles. The van der Waals surface area contributed by atoms with Crippen LogP contribution in [0.5, 0.6) is 0 Å². The predicted molar refractivity (Wildman–Crippen MR) is 108 cm³/mol. The average Bonchev–Trinajstić information content (AvgIpc) is 3.18. The number of carbonyl (C=O) groups is 1. The Morgan fingerprint density at radius 3 is 2.63 bits per heavy atom. The number of aromatic nitrogens is 1. The molecule has 0 radical (unpaired) electrons. The van der Waals surface area contributed by atoms with Crippen molar-refractivity contribution in [1.29, 1.82) is 0 Å². The molecule has 1 amide bonds. The van der Waals surface area contributed by atoms with Crippen LogP contribution in [-0.2, 0) is 9.53 Å². The van der Waals surface area contributed by atoms with Crippen molar-refractivity contribution in [2.24, 2.45) is 0 Å². The molecule has 144 valence electrons. The number of quaternary nitrogens is 1. The number of morpholine rings is 1. The van der Waals surface area contributed by atoms with Gasteiger partial charge in [0, 0.05) is 10.9 Å². The minimum absolute atomic E-state index is 0.0282. The quantitative estimate of drug-likeness (QED) is 0.831. The highest BCUT2D eigenvalue weighted by molar-refractivity contribution is 7.14. The number of ether oxygens (including phenoxy) is 1. The molecule has 2 heterocycles. The monoisotopic (exact) mass is 386 g/mol. The zero-order chi connectivity index (χ0) is 18.5. The second-order valence-electron chi connectivity index (χ2n) is 7.58. The molecule has 1 saturated heterocycles. The van der Waals surface area contributed by atoms with Gasteiger partial charge in [0.15, 0.2) is 11.7 Å². The number of hydrogen-bond donors (Lipinski definition) is 2. The maximum atomic E-state index is 12.2. The standard InChI is InChI=1S/C21H27N3O2S/c25-20(14-24-10-12-26-13-11-24)23-21-22-19(15-27-21)18-8-6-17(7-9-18)16-4-2-1-3-5-16/h6-9,15-16H,1-5,10-14H2,(H,22,23,25)/p+1. The lowest BCUT2D eigenvalue weighted by atomic mass is 9.84. The second kappa shape index (κ2) is 8.95. The van der Waals surface area contributed by atoms with Gasteiger partial charge in [-0.15, -0.1) is 11.3 Å². The Balaban J connectivity index is 1.34. The van der Waals surface area contributed by atoms with Crippen molar-refractivity contribution in [1.82, 2.24) is 4.98 Å². The average molecular weight is 387 g/mol. The fraction of sp³-hybridized carbons (Fsp3) is 0.524. The third-order valence-corrected chi connectivity index (χ3v) is 6.40. The Morgan fingerprint density at radius 2 is 1.89 bits per heavy atom. The number of rotatable bonds is 5. The number of thiazole rings is 1. The zero-order valence-corrected chi connectivity index (χ0v) is 16.5. The summed E-state index contributed by atoms with van der Waals surface area (Å²) in [5, 5.41) is 5.65. The van der Waals surface area contributed by atoms with Crippen LogP contribution in [0.4, 0.5) is 5.13 Å². The van der Waals surface area contributed by atoms with Gasteiger partial charge in [0.05, 0.1) is 18.9 Å². The topological polar surface area (TPSA) is 55.7 Å². The van der Waals surface area contributed by atoms with E-state index in [0.717, 1.165) is 43.5 Å². The molecule has 1 saturated carbocycles. The van der Waals surface area contributed by atoms with Gasteiger partial charge in [-0.25, -0.2) is 4.98 Å². The summed E-state index contributed by atoms with van der Waals surface area (Å²) in [5.74, 6) is 0.751. The molecule has 4 rings (SSSR count). The Labute approximate surface area is 164 Å². The van der Waals surface area contributed by atoms with E-state index in [4.69, 9.17) is 4.74 Å². The van der Waals surface area contributed by atoms with Crippen molar-refractivity contribution >= 4 is 22.4 Å². The molecule has 1 aromatic carbocycles. The molecule has 6 heteroatoms. The summed E-state index contributed by atoms with van der Waals surface area (Å²) < 4.78 is 5.34. The van der Waals surface area contributed by atoms with Gasteiger partial charge in [0.25, 0.3) is 5.91 Å². The first-order valence-electron chi connectivity index (χ1n) is 10.0. The first kappa shape index (κ1) is 18.6. The number of amides is 1. The molecule has 1 aliphatic carbocycles. The summed E-state index contributed by atoms with van der Waals surface area (Å²) >= 11 is 1.49. The van der Waals surface area contributed by atoms with E-state index < -0.39 is 0 Å². The normalized spacial score (nSPS) is 19.1. The Kier molecular flexibility index (Phi) is 6.17. The third-order valence-electron chi connectivity index (χ3n) is 5.64. The van der Waals surface area contributed by atoms with E-state index >= 15 is 0 Å². The highest BCUT2D eigenvalue weighted by atomic mass is 32.1. The van der Waals surface area contributed by atoms with Crippen molar-refractivity contribution in [2.45, 2.75) is 38.0 Å². The Bertz CT molecular complexity index is 747. The van der Waals surface area contributed by atoms with E-state index in [0.29, 0.717) is 11.7 Å². The molecule has 0 unspecified atom stereocenters. The fourth-order valence-electron chi connectivity index (χ4n) is 4.05. The summed E-state index contributed by atoms with van der Waals surface area (Å²) in [5.41, 5.74) is 3.50. The van der Waals surface area contributed by atoms with E-state index in [2.05, 4.69) is 34.6 Å². The fourth-order valence-corrected chi connectivity index (χ4v) is 4.79. The highest BCUT2D eigenvalue weighted by Crippen LogP contribution is 2.34. The lowest BCUT2D eigenvalue weighted by molar-refractivity contribution is -0.899. The molecule has 5 nitrogen and oxygen atoms in total. The molecule has 2 aromatic rings. The van der Waals surface area contributed by atoms with Crippen molar-refractivity contribution in [3.8, 4) is 11.3 Å². The van der Waals surface area contributed by atoms with Crippen LogP contribution in [0.25, 0.3) is 11.3 Å². The summed E-state index contributed by atoms with van der Waals surface area (Å²) in [7, 11) is 0. The number of nitrogens with zero attached hydrogens (tertiary/aromatic N) is 1. The van der Waals surface area contributed by atoms with Crippen molar-refractivity contribution in [3.05, 3.63) is 35.2 Å². The van der Waals surface area contributed by atoms with Gasteiger partial charge in [0.2, 0.25) is 0 Å². The Morgan fingerprint density at radius 1 is 1.15 bits per heavy atom. The zero-order valence-electron chi connectivity index (χ0n) is 15.7. The summed E-state index contributed by atoms with van der Waals surface area (Å²) in [4.78, 5) is 18.1. The summed E-state index contributed by atoms with van der Waals surface area (Å²) in [6, 6.07) is 8.85.